The first-order valence-corrected chi connectivity index (χ1v) is 18.0. The average Bonchev–Trinajstić information content (AvgIpc) is 2.97. The number of rotatable bonds is 32. The zero-order valence-electron chi connectivity index (χ0n) is 27.6. The Bertz CT molecular complexity index is 589. The van der Waals surface area contributed by atoms with Crippen molar-refractivity contribution < 1.29 is 15.0 Å². The Balaban J connectivity index is 3.60. The smallest absolute Gasteiger partial charge is 0.220 e. The number of carbonyl (C=O) groups is 1. The number of hydrogen-bond acceptors (Lipinski definition) is 3. The first-order valence-electron chi connectivity index (χ1n) is 18.0. The van der Waals surface area contributed by atoms with Crippen molar-refractivity contribution in [2.45, 2.75) is 199 Å². The maximum Gasteiger partial charge on any atom is 0.220 e. The Hall–Kier alpha value is -1.13. The molecule has 0 radical (unpaired) electrons. The second kappa shape index (κ2) is 33.4. The summed E-state index contributed by atoms with van der Waals surface area (Å²) >= 11 is 0. The van der Waals surface area contributed by atoms with Crippen LogP contribution in [-0.2, 0) is 4.79 Å². The molecule has 0 aromatic carbocycles. The van der Waals surface area contributed by atoms with Crippen molar-refractivity contribution in [2.24, 2.45) is 0 Å². The zero-order valence-corrected chi connectivity index (χ0v) is 27.6. The average molecular weight is 578 g/mol. The molecule has 0 unspecified atom stereocenters. The Morgan fingerprint density at radius 1 is 0.561 bits per heavy atom. The van der Waals surface area contributed by atoms with E-state index in [-0.39, 0.29) is 12.5 Å². The van der Waals surface area contributed by atoms with E-state index in [0.717, 1.165) is 32.1 Å². The molecule has 4 nitrogen and oxygen atoms in total. The molecule has 0 saturated carbocycles. The molecule has 0 heterocycles. The summed E-state index contributed by atoms with van der Waals surface area (Å²) in [5.74, 6) is -0.0477. The van der Waals surface area contributed by atoms with Crippen molar-refractivity contribution >= 4 is 5.91 Å². The van der Waals surface area contributed by atoms with Crippen LogP contribution in [-0.4, -0.2) is 34.9 Å². The van der Waals surface area contributed by atoms with E-state index in [1.165, 1.54) is 128 Å². The maximum atomic E-state index is 12.3. The van der Waals surface area contributed by atoms with Crippen LogP contribution in [0.2, 0.25) is 0 Å². The molecule has 0 saturated heterocycles. The summed E-state index contributed by atoms with van der Waals surface area (Å²) in [4.78, 5) is 12.3. The number of allylic oxidation sites excluding steroid dienone is 4. The molecular weight excluding hydrogens is 506 g/mol. The van der Waals surface area contributed by atoms with Gasteiger partial charge in [-0.15, -0.1) is 0 Å². The third-order valence-corrected chi connectivity index (χ3v) is 8.18. The van der Waals surface area contributed by atoms with Crippen LogP contribution in [0.1, 0.15) is 187 Å². The normalized spacial score (nSPS) is 13.4. The summed E-state index contributed by atoms with van der Waals surface area (Å²) in [5, 5.41) is 23.0. The molecule has 0 fully saturated rings. The number of hydrogen-bond donors (Lipinski definition) is 3. The molecule has 0 aliphatic carbocycles. The van der Waals surface area contributed by atoms with Gasteiger partial charge in [-0.05, 0) is 64.2 Å². The van der Waals surface area contributed by atoms with Crippen LogP contribution in [0.3, 0.4) is 0 Å². The van der Waals surface area contributed by atoms with Gasteiger partial charge in [-0.1, -0.05) is 141 Å². The van der Waals surface area contributed by atoms with Gasteiger partial charge in [0.25, 0.3) is 0 Å². The van der Waals surface area contributed by atoms with E-state index in [2.05, 4.69) is 43.5 Å². The van der Waals surface area contributed by atoms with Crippen molar-refractivity contribution in [1.29, 1.82) is 0 Å². The fourth-order valence-electron chi connectivity index (χ4n) is 5.35. The highest BCUT2D eigenvalue weighted by atomic mass is 16.3. The molecule has 0 aliphatic heterocycles. The fourth-order valence-corrected chi connectivity index (χ4v) is 5.35. The van der Waals surface area contributed by atoms with Crippen molar-refractivity contribution in [3.63, 3.8) is 0 Å². The fraction of sp³-hybridized carbons (Fsp3) is 0.865. The van der Waals surface area contributed by atoms with Crippen LogP contribution >= 0.6 is 0 Å². The van der Waals surface area contributed by atoms with Gasteiger partial charge in [-0.25, -0.2) is 0 Å². The van der Waals surface area contributed by atoms with Gasteiger partial charge in [-0.2, -0.15) is 0 Å². The summed E-state index contributed by atoms with van der Waals surface area (Å²) < 4.78 is 0. The largest absolute Gasteiger partial charge is 0.394 e. The Labute approximate surface area is 256 Å². The first-order chi connectivity index (χ1) is 20.2. The minimum absolute atomic E-state index is 0.0477. The van der Waals surface area contributed by atoms with Crippen molar-refractivity contribution in [3.05, 3.63) is 24.3 Å². The van der Waals surface area contributed by atoms with E-state index in [0.29, 0.717) is 12.8 Å². The molecule has 0 aromatic heterocycles. The second-order valence-electron chi connectivity index (χ2n) is 12.3. The molecule has 0 spiro atoms. The number of nitrogens with one attached hydrogen (secondary N) is 1. The van der Waals surface area contributed by atoms with Crippen LogP contribution in [0.15, 0.2) is 24.3 Å². The molecule has 41 heavy (non-hydrogen) atoms. The summed E-state index contributed by atoms with van der Waals surface area (Å²) in [5.41, 5.74) is 0. The number of unbranched alkanes of at least 4 members (excludes halogenated alkanes) is 21. The number of amides is 1. The first kappa shape index (κ1) is 39.9. The van der Waals surface area contributed by atoms with Crippen LogP contribution in [0.25, 0.3) is 0 Å². The third kappa shape index (κ3) is 30.1. The zero-order chi connectivity index (χ0) is 30.1. The molecule has 0 bridgehead atoms. The highest BCUT2D eigenvalue weighted by Crippen LogP contribution is 2.13. The molecule has 0 aromatic rings. The molecule has 1 amide bonds. The quantitative estimate of drug-likeness (QED) is 0.0550. The standard InChI is InChI=1S/C37H71NO3/c1-3-5-7-9-11-13-15-17-18-19-20-21-23-25-27-29-31-33-37(41)38-35(34-39)36(40)32-30-28-26-24-22-16-14-12-10-8-6-4-2/h17-18,22,24,35-36,39-40H,3-16,19-21,23,25-34H2,1-2H3,(H,38,41)/b18-17+,24-22+/t35-,36+/m0/s1. The van der Waals surface area contributed by atoms with E-state index in [1.54, 1.807) is 0 Å². The molecule has 0 aliphatic rings. The Morgan fingerprint density at radius 3 is 1.34 bits per heavy atom. The Kier molecular flexibility index (Phi) is 32.5. The summed E-state index contributed by atoms with van der Waals surface area (Å²) in [6.45, 7) is 4.31. The maximum absolute atomic E-state index is 12.3. The van der Waals surface area contributed by atoms with Crippen molar-refractivity contribution in [2.75, 3.05) is 6.61 Å². The van der Waals surface area contributed by atoms with Crippen molar-refractivity contribution in [1.82, 2.24) is 5.32 Å². The summed E-state index contributed by atoms with van der Waals surface area (Å²) in [7, 11) is 0. The van der Waals surface area contributed by atoms with E-state index in [9.17, 15) is 15.0 Å². The molecule has 242 valence electrons. The molecule has 3 N–H and O–H groups in total. The lowest BCUT2D eigenvalue weighted by molar-refractivity contribution is -0.123. The molecule has 0 rings (SSSR count). The summed E-state index contributed by atoms with van der Waals surface area (Å²) in [6.07, 6.45) is 40.8. The lowest BCUT2D eigenvalue weighted by Gasteiger charge is -2.22. The van der Waals surface area contributed by atoms with Gasteiger partial charge in [0, 0.05) is 6.42 Å². The summed E-state index contributed by atoms with van der Waals surface area (Å²) in [6, 6.07) is -0.550. The van der Waals surface area contributed by atoms with Gasteiger partial charge >= 0.3 is 0 Å². The third-order valence-electron chi connectivity index (χ3n) is 8.18. The SMILES string of the molecule is CCCCCCCC/C=C/CCCCCCCCCC(=O)N[C@@H](CO)[C@H](O)CCCC/C=C/CCCCCCCC. The molecule has 4 heteroatoms. The van der Waals surface area contributed by atoms with Gasteiger partial charge in [0.2, 0.25) is 5.91 Å². The van der Waals surface area contributed by atoms with Gasteiger partial charge in [0.1, 0.15) is 0 Å². The van der Waals surface area contributed by atoms with Crippen LogP contribution < -0.4 is 5.32 Å². The van der Waals surface area contributed by atoms with Crippen molar-refractivity contribution in [3.8, 4) is 0 Å². The minimum atomic E-state index is -0.679. The highest BCUT2D eigenvalue weighted by Gasteiger charge is 2.19. The highest BCUT2D eigenvalue weighted by molar-refractivity contribution is 5.76. The molecular formula is C37H71NO3. The number of aliphatic hydroxyl groups excluding tert-OH is 2. The lowest BCUT2D eigenvalue weighted by atomic mass is 10.0. The lowest BCUT2D eigenvalue weighted by Crippen LogP contribution is -2.45. The second-order valence-corrected chi connectivity index (χ2v) is 12.3. The van der Waals surface area contributed by atoms with Gasteiger partial charge in [0.15, 0.2) is 0 Å². The van der Waals surface area contributed by atoms with Gasteiger partial charge in [0.05, 0.1) is 18.8 Å². The van der Waals surface area contributed by atoms with Gasteiger partial charge in [-0.3, -0.25) is 4.79 Å². The van der Waals surface area contributed by atoms with E-state index < -0.39 is 12.1 Å². The molecule has 2 atom stereocenters. The predicted molar refractivity (Wildman–Crippen MR) is 179 cm³/mol. The Morgan fingerprint density at radius 2 is 0.927 bits per heavy atom. The minimum Gasteiger partial charge on any atom is -0.394 e. The van der Waals surface area contributed by atoms with E-state index in [1.807, 2.05) is 0 Å². The predicted octanol–water partition coefficient (Wildman–Crippen LogP) is 10.5. The topological polar surface area (TPSA) is 69.6 Å². The van der Waals surface area contributed by atoms with Crippen LogP contribution in [0.4, 0.5) is 0 Å². The van der Waals surface area contributed by atoms with Crippen LogP contribution in [0.5, 0.6) is 0 Å². The van der Waals surface area contributed by atoms with E-state index >= 15 is 0 Å². The number of carbonyl (C=O) groups excluding carboxylic acids is 1. The number of aliphatic hydroxyl groups is 2. The monoisotopic (exact) mass is 578 g/mol. The van der Waals surface area contributed by atoms with Crippen LogP contribution in [0, 0.1) is 0 Å². The van der Waals surface area contributed by atoms with E-state index in [4.69, 9.17) is 0 Å². The van der Waals surface area contributed by atoms with Gasteiger partial charge < -0.3 is 15.5 Å².